The summed E-state index contributed by atoms with van der Waals surface area (Å²) in [6, 6.07) is 4.28. The molecule has 0 aliphatic rings. The van der Waals surface area contributed by atoms with E-state index >= 15 is 0 Å². The molecule has 12 heavy (non-hydrogen) atoms. The second-order valence-corrected chi connectivity index (χ2v) is 3.65. The van der Waals surface area contributed by atoms with Crippen LogP contribution in [0.1, 0.15) is 4.88 Å². The van der Waals surface area contributed by atoms with Gasteiger partial charge in [-0.3, -0.25) is 0 Å². The Labute approximate surface area is 78.0 Å². The van der Waals surface area contributed by atoms with Crippen LogP contribution in [0.4, 0.5) is 0 Å². The van der Waals surface area contributed by atoms with Gasteiger partial charge in [-0.25, -0.2) is 0 Å². The molecule has 0 aliphatic carbocycles. The van der Waals surface area contributed by atoms with E-state index < -0.39 is 0 Å². The van der Waals surface area contributed by atoms with E-state index in [2.05, 4.69) is 28.1 Å². The third-order valence-electron chi connectivity index (χ3n) is 1.64. The first kappa shape index (κ1) is 9.71. The summed E-state index contributed by atoms with van der Waals surface area (Å²) < 4.78 is 0. The fraction of sp³-hybridized carbons (Fsp3) is 0.556. The van der Waals surface area contributed by atoms with E-state index in [0.717, 1.165) is 26.1 Å². The highest BCUT2D eigenvalue weighted by atomic mass is 32.1. The van der Waals surface area contributed by atoms with E-state index in [4.69, 9.17) is 0 Å². The molecule has 68 valence electrons. The quantitative estimate of drug-likeness (QED) is 0.670. The van der Waals surface area contributed by atoms with E-state index in [1.807, 2.05) is 18.4 Å². The molecule has 0 aliphatic heterocycles. The second kappa shape index (κ2) is 6.17. The van der Waals surface area contributed by atoms with Gasteiger partial charge in [0.2, 0.25) is 0 Å². The molecule has 1 heterocycles. The third kappa shape index (κ3) is 3.85. The van der Waals surface area contributed by atoms with Crippen LogP contribution in [0.25, 0.3) is 5.32 Å². The van der Waals surface area contributed by atoms with Crippen LogP contribution < -0.4 is 5.32 Å². The molecule has 0 radical (unpaired) electrons. The minimum absolute atomic E-state index is 0.921. The summed E-state index contributed by atoms with van der Waals surface area (Å²) in [4.78, 5) is 1.45. The minimum atomic E-state index is 0.921. The van der Waals surface area contributed by atoms with Crippen molar-refractivity contribution in [3.63, 3.8) is 0 Å². The van der Waals surface area contributed by atoms with Crippen LogP contribution in [0.5, 0.6) is 0 Å². The van der Waals surface area contributed by atoms with Gasteiger partial charge in [0.1, 0.15) is 0 Å². The highest BCUT2D eigenvalue weighted by molar-refractivity contribution is 7.09. The van der Waals surface area contributed by atoms with Crippen LogP contribution in [0.3, 0.4) is 0 Å². The first-order valence-corrected chi connectivity index (χ1v) is 5.10. The Bertz CT molecular complexity index is 184. The Morgan fingerprint density at radius 2 is 2.42 bits per heavy atom. The Balaban J connectivity index is 1.96. The Morgan fingerprint density at radius 1 is 1.50 bits per heavy atom. The first-order valence-electron chi connectivity index (χ1n) is 4.22. The average molecular weight is 183 g/mol. The number of hydrogen-bond acceptors (Lipinski definition) is 2. The van der Waals surface area contributed by atoms with Crippen molar-refractivity contribution < 1.29 is 0 Å². The summed E-state index contributed by atoms with van der Waals surface area (Å²) in [5.41, 5.74) is 0. The maximum absolute atomic E-state index is 4.01. The molecule has 1 aromatic heterocycles. The third-order valence-corrected chi connectivity index (χ3v) is 2.58. The van der Waals surface area contributed by atoms with Gasteiger partial charge >= 0.3 is 0 Å². The van der Waals surface area contributed by atoms with Gasteiger partial charge in [0, 0.05) is 4.88 Å². The van der Waals surface area contributed by atoms with Crippen molar-refractivity contribution in [2.45, 2.75) is 6.42 Å². The summed E-state index contributed by atoms with van der Waals surface area (Å²) in [5.74, 6) is 0. The SMILES string of the molecule is C[N-]CCNCCc1cccs1. The maximum Gasteiger partial charge on any atom is 0.00578 e. The topological polar surface area (TPSA) is 26.1 Å². The van der Waals surface area contributed by atoms with Gasteiger partial charge in [0.05, 0.1) is 0 Å². The van der Waals surface area contributed by atoms with E-state index in [1.54, 1.807) is 0 Å². The smallest absolute Gasteiger partial charge is 0.00578 e. The van der Waals surface area contributed by atoms with Crippen molar-refractivity contribution >= 4 is 11.3 Å². The zero-order chi connectivity index (χ0) is 8.65. The van der Waals surface area contributed by atoms with Crippen LogP contribution in [0.2, 0.25) is 0 Å². The lowest BCUT2D eigenvalue weighted by molar-refractivity contribution is 0.707. The zero-order valence-electron chi connectivity index (χ0n) is 7.42. The van der Waals surface area contributed by atoms with E-state index in [1.165, 1.54) is 4.88 Å². The number of hydrogen-bond donors (Lipinski definition) is 1. The number of likely N-dealkylation sites (N-methyl/N-ethyl adjacent to an activating group) is 1. The van der Waals surface area contributed by atoms with Crippen LogP contribution in [0, 0.1) is 0 Å². The van der Waals surface area contributed by atoms with Gasteiger partial charge in [0.15, 0.2) is 0 Å². The van der Waals surface area contributed by atoms with Gasteiger partial charge in [0.25, 0.3) is 0 Å². The van der Waals surface area contributed by atoms with Crippen LogP contribution >= 0.6 is 11.3 Å². The Morgan fingerprint density at radius 3 is 3.08 bits per heavy atom. The molecule has 0 fully saturated rings. The summed E-state index contributed by atoms with van der Waals surface area (Å²) >= 11 is 1.82. The van der Waals surface area contributed by atoms with Crippen LogP contribution in [-0.2, 0) is 6.42 Å². The van der Waals surface area contributed by atoms with Gasteiger partial charge in [-0.05, 0) is 31.0 Å². The molecule has 2 nitrogen and oxygen atoms in total. The van der Waals surface area contributed by atoms with Gasteiger partial charge < -0.3 is 10.6 Å². The normalized spacial score (nSPS) is 10.4. The van der Waals surface area contributed by atoms with Crippen molar-refractivity contribution in [2.75, 3.05) is 26.7 Å². The number of nitrogens with one attached hydrogen (secondary N) is 1. The molecule has 1 aromatic rings. The molecule has 0 saturated heterocycles. The van der Waals surface area contributed by atoms with E-state index in [9.17, 15) is 0 Å². The number of rotatable bonds is 6. The molecule has 0 atom stereocenters. The number of thiophene rings is 1. The lowest BCUT2D eigenvalue weighted by atomic mass is 10.3. The van der Waals surface area contributed by atoms with E-state index in [0.29, 0.717) is 0 Å². The molecule has 3 heteroatoms. The fourth-order valence-corrected chi connectivity index (χ4v) is 1.69. The molecule has 1 N–H and O–H groups in total. The molecule has 0 bridgehead atoms. The highest BCUT2D eigenvalue weighted by Crippen LogP contribution is 2.07. The van der Waals surface area contributed by atoms with Crippen molar-refractivity contribution in [2.24, 2.45) is 0 Å². The summed E-state index contributed by atoms with van der Waals surface area (Å²) in [6.45, 7) is 2.99. The number of nitrogens with zero attached hydrogens (tertiary/aromatic N) is 1. The van der Waals surface area contributed by atoms with Crippen molar-refractivity contribution in [3.05, 3.63) is 27.7 Å². The van der Waals surface area contributed by atoms with Gasteiger partial charge in [-0.2, -0.15) is 7.05 Å². The Hall–Kier alpha value is -0.380. The van der Waals surface area contributed by atoms with Gasteiger partial charge in [-0.15, -0.1) is 17.9 Å². The van der Waals surface area contributed by atoms with Crippen molar-refractivity contribution in [1.29, 1.82) is 0 Å². The van der Waals surface area contributed by atoms with Gasteiger partial charge in [-0.1, -0.05) is 6.07 Å². The second-order valence-electron chi connectivity index (χ2n) is 2.62. The molecular formula is C9H15N2S-. The van der Waals surface area contributed by atoms with Crippen molar-refractivity contribution in [1.82, 2.24) is 5.32 Å². The lowest BCUT2D eigenvalue weighted by Gasteiger charge is -2.10. The first-order chi connectivity index (χ1) is 5.93. The molecule has 0 unspecified atom stereocenters. The molecule has 1 rings (SSSR count). The standard InChI is InChI=1S/C9H15N2S/c1-10-6-7-11-5-4-9-3-2-8-12-9/h2-3,8,11H,4-7H2,1H3/q-1. The maximum atomic E-state index is 4.01. The Kier molecular flexibility index (Phi) is 4.99. The molecule has 0 spiro atoms. The van der Waals surface area contributed by atoms with E-state index in [-0.39, 0.29) is 0 Å². The largest absolute Gasteiger partial charge is 0.664 e. The highest BCUT2D eigenvalue weighted by Gasteiger charge is 1.90. The summed E-state index contributed by atoms with van der Waals surface area (Å²) in [7, 11) is 1.85. The predicted octanol–water partition coefficient (Wildman–Crippen LogP) is 1.88. The molecule has 0 saturated carbocycles. The zero-order valence-corrected chi connectivity index (χ0v) is 8.23. The van der Waals surface area contributed by atoms with Crippen molar-refractivity contribution in [3.8, 4) is 0 Å². The fourth-order valence-electron chi connectivity index (χ4n) is 0.982. The average Bonchev–Trinajstić information content (AvgIpc) is 2.57. The van der Waals surface area contributed by atoms with Crippen LogP contribution in [-0.4, -0.2) is 26.7 Å². The minimum Gasteiger partial charge on any atom is -0.664 e. The lowest BCUT2D eigenvalue weighted by Crippen LogP contribution is -2.20. The summed E-state index contributed by atoms with van der Waals surface area (Å²) in [5, 5.41) is 9.47. The monoisotopic (exact) mass is 183 g/mol. The molecule has 0 aromatic carbocycles. The summed E-state index contributed by atoms with van der Waals surface area (Å²) in [6.07, 6.45) is 1.14. The molecule has 0 amide bonds. The van der Waals surface area contributed by atoms with Crippen LogP contribution in [0.15, 0.2) is 17.5 Å². The molecular weight excluding hydrogens is 168 g/mol. The predicted molar refractivity (Wildman–Crippen MR) is 55.0 cm³/mol.